The predicted molar refractivity (Wildman–Crippen MR) is 69.6 cm³/mol. The second kappa shape index (κ2) is 5.58. The molecule has 6 nitrogen and oxygen atoms in total. The molecule has 7 heteroatoms. The number of furan rings is 1. The number of carbonyl (C=O) groups is 1. The van der Waals surface area contributed by atoms with E-state index in [0.29, 0.717) is 11.6 Å². The van der Waals surface area contributed by atoms with Crippen molar-refractivity contribution in [2.45, 2.75) is 6.54 Å². The maximum Gasteiger partial charge on any atom is 0.251 e. The number of hydrogen-bond acceptors (Lipinski definition) is 5. The summed E-state index contributed by atoms with van der Waals surface area (Å²) in [6, 6.07) is 8.80. The van der Waals surface area contributed by atoms with Gasteiger partial charge in [-0.25, -0.2) is 4.39 Å². The Bertz CT molecular complexity index is 752. The highest BCUT2D eigenvalue weighted by molar-refractivity contribution is 5.94. The van der Waals surface area contributed by atoms with Crippen LogP contribution in [-0.2, 0) is 6.54 Å². The summed E-state index contributed by atoms with van der Waals surface area (Å²) >= 11 is 0. The molecule has 0 atom stereocenters. The Labute approximate surface area is 118 Å². The molecular formula is C14H10FN3O3. The fraction of sp³-hybridized carbons (Fsp3) is 0.0714. The van der Waals surface area contributed by atoms with E-state index in [1.54, 1.807) is 12.1 Å². The Morgan fingerprint density at radius 2 is 2.19 bits per heavy atom. The van der Waals surface area contributed by atoms with Gasteiger partial charge in [0.15, 0.2) is 5.76 Å². The van der Waals surface area contributed by atoms with Crippen LogP contribution < -0.4 is 5.32 Å². The largest absolute Gasteiger partial charge is 0.461 e. The monoisotopic (exact) mass is 287 g/mol. The minimum Gasteiger partial charge on any atom is -0.461 e. The first-order chi connectivity index (χ1) is 10.2. The number of benzene rings is 1. The fourth-order valence-corrected chi connectivity index (χ4v) is 1.72. The zero-order valence-electron chi connectivity index (χ0n) is 10.7. The van der Waals surface area contributed by atoms with Crippen molar-refractivity contribution in [1.29, 1.82) is 0 Å². The molecule has 2 heterocycles. The van der Waals surface area contributed by atoms with Crippen LogP contribution in [0.3, 0.4) is 0 Å². The van der Waals surface area contributed by atoms with Gasteiger partial charge in [0.1, 0.15) is 5.82 Å². The van der Waals surface area contributed by atoms with Gasteiger partial charge < -0.3 is 14.3 Å². The van der Waals surface area contributed by atoms with Gasteiger partial charge in [0, 0.05) is 5.56 Å². The number of amides is 1. The molecule has 0 radical (unpaired) electrons. The highest BCUT2D eigenvalue weighted by Gasteiger charge is 2.12. The molecule has 2 aromatic heterocycles. The fourth-order valence-electron chi connectivity index (χ4n) is 1.72. The molecule has 0 aliphatic heterocycles. The van der Waals surface area contributed by atoms with Crippen molar-refractivity contribution in [3.05, 3.63) is 59.9 Å². The Kier molecular flexibility index (Phi) is 3.46. The average molecular weight is 287 g/mol. The van der Waals surface area contributed by atoms with Crippen molar-refractivity contribution in [2.75, 3.05) is 0 Å². The summed E-state index contributed by atoms with van der Waals surface area (Å²) in [5, 5.41) is 6.30. The van der Waals surface area contributed by atoms with E-state index in [2.05, 4.69) is 15.5 Å². The summed E-state index contributed by atoms with van der Waals surface area (Å²) in [6.07, 6.45) is 1.50. The zero-order chi connectivity index (χ0) is 14.7. The normalized spacial score (nSPS) is 10.5. The van der Waals surface area contributed by atoms with Crippen molar-refractivity contribution in [3.63, 3.8) is 0 Å². The number of halogens is 1. The van der Waals surface area contributed by atoms with Crippen LogP contribution in [0.2, 0.25) is 0 Å². The average Bonchev–Trinajstić information content (AvgIpc) is 3.15. The first-order valence-corrected chi connectivity index (χ1v) is 6.12. The molecule has 0 aliphatic carbocycles. The van der Waals surface area contributed by atoms with E-state index in [1.807, 2.05) is 0 Å². The zero-order valence-corrected chi connectivity index (χ0v) is 10.7. The van der Waals surface area contributed by atoms with E-state index in [0.717, 1.165) is 6.07 Å². The Balaban J connectivity index is 1.64. The Morgan fingerprint density at radius 1 is 1.29 bits per heavy atom. The lowest BCUT2D eigenvalue weighted by Crippen LogP contribution is -2.23. The summed E-state index contributed by atoms with van der Waals surface area (Å²) in [7, 11) is 0. The van der Waals surface area contributed by atoms with E-state index in [-0.39, 0.29) is 18.0 Å². The SMILES string of the molecule is O=C(NCc1nc(-c2ccco2)no1)c1cccc(F)c1. The van der Waals surface area contributed by atoms with Crippen LogP contribution in [0.5, 0.6) is 0 Å². The minimum atomic E-state index is -0.472. The standard InChI is InChI=1S/C14H10FN3O3/c15-10-4-1-3-9(7-10)14(19)16-8-12-17-13(18-21-12)11-5-2-6-20-11/h1-7H,8H2,(H,16,19). The van der Waals surface area contributed by atoms with Gasteiger partial charge in [-0.2, -0.15) is 4.98 Å². The second-order valence-electron chi connectivity index (χ2n) is 4.18. The quantitative estimate of drug-likeness (QED) is 0.796. The van der Waals surface area contributed by atoms with Crippen molar-refractivity contribution in [1.82, 2.24) is 15.5 Å². The molecule has 0 saturated carbocycles. The number of carbonyl (C=O) groups excluding carboxylic acids is 1. The highest BCUT2D eigenvalue weighted by Crippen LogP contribution is 2.15. The summed E-state index contributed by atoms with van der Waals surface area (Å²) in [6.45, 7) is 0.0447. The first-order valence-electron chi connectivity index (χ1n) is 6.12. The number of nitrogens with zero attached hydrogens (tertiary/aromatic N) is 2. The van der Waals surface area contributed by atoms with Crippen LogP contribution in [0.25, 0.3) is 11.6 Å². The van der Waals surface area contributed by atoms with Crippen LogP contribution >= 0.6 is 0 Å². The summed E-state index contributed by atoms with van der Waals surface area (Å²) in [5.74, 6) is 0.107. The van der Waals surface area contributed by atoms with Gasteiger partial charge in [0.2, 0.25) is 11.7 Å². The predicted octanol–water partition coefficient (Wildman–Crippen LogP) is 2.40. The van der Waals surface area contributed by atoms with Crippen molar-refractivity contribution >= 4 is 5.91 Å². The molecule has 21 heavy (non-hydrogen) atoms. The van der Waals surface area contributed by atoms with Gasteiger partial charge >= 0.3 is 0 Å². The van der Waals surface area contributed by atoms with Gasteiger partial charge in [-0.3, -0.25) is 4.79 Å². The third-order valence-corrected chi connectivity index (χ3v) is 2.70. The number of aromatic nitrogens is 2. The first kappa shape index (κ1) is 13.0. The molecule has 3 aromatic rings. The van der Waals surface area contributed by atoms with Crippen molar-refractivity contribution < 1.29 is 18.1 Å². The van der Waals surface area contributed by atoms with E-state index < -0.39 is 11.7 Å². The smallest absolute Gasteiger partial charge is 0.251 e. The third-order valence-electron chi connectivity index (χ3n) is 2.70. The number of hydrogen-bond donors (Lipinski definition) is 1. The molecule has 0 spiro atoms. The topological polar surface area (TPSA) is 81.2 Å². The molecule has 3 rings (SSSR count). The number of nitrogens with one attached hydrogen (secondary N) is 1. The lowest BCUT2D eigenvalue weighted by molar-refractivity contribution is 0.0946. The summed E-state index contributed by atoms with van der Waals surface area (Å²) < 4.78 is 23.1. The molecule has 0 unspecified atom stereocenters. The minimum absolute atomic E-state index is 0.0447. The summed E-state index contributed by atoms with van der Waals surface area (Å²) in [4.78, 5) is 15.9. The molecule has 1 amide bonds. The van der Waals surface area contributed by atoms with Crippen LogP contribution in [0.15, 0.2) is 51.6 Å². The van der Waals surface area contributed by atoms with E-state index >= 15 is 0 Å². The molecule has 0 aliphatic rings. The van der Waals surface area contributed by atoms with Crippen molar-refractivity contribution in [3.8, 4) is 11.6 Å². The summed E-state index contributed by atoms with van der Waals surface area (Å²) in [5.41, 5.74) is 0.223. The molecule has 0 saturated heterocycles. The van der Waals surface area contributed by atoms with Crippen LogP contribution in [0.4, 0.5) is 4.39 Å². The van der Waals surface area contributed by atoms with Crippen molar-refractivity contribution in [2.24, 2.45) is 0 Å². The Hall–Kier alpha value is -2.96. The molecule has 106 valence electrons. The van der Waals surface area contributed by atoms with Crippen LogP contribution in [-0.4, -0.2) is 16.0 Å². The van der Waals surface area contributed by atoms with Gasteiger partial charge in [0.05, 0.1) is 12.8 Å². The van der Waals surface area contributed by atoms with Gasteiger partial charge in [0.25, 0.3) is 5.91 Å². The molecular weight excluding hydrogens is 277 g/mol. The van der Waals surface area contributed by atoms with Gasteiger partial charge in [-0.15, -0.1) is 0 Å². The maximum atomic E-state index is 13.0. The van der Waals surface area contributed by atoms with E-state index in [9.17, 15) is 9.18 Å². The van der Waals surface area contributed by atoms with E-state index in [4.69, 9.17) is 8.94 Å². The maximum absolute atomic E-state index is 13.0. The lowest BCUT2D eigenvalue weighted by atomic mass is 10.2. The number of rotatable bonds is 4. The third kappa shape index (κ3) is 2.97. The molecule has 1 aromatic carbocycles. The Morgan fingerprint density at radius 3 is 2.95 bits per heavy atom. The van der Waals surface area contributed by atoms with Gasteiger partial charge in [-0.1, -0.05) is 11.2 Å². The second-order valence-corrected chi connectivity index (χ2v) is 4.18. The molecule has 0 bridgehead atoms. The van der Waals surface area contributed by atoms with Crippen LogP contribution in [0, 0.1) is 5.82 Å². The highest BCUT2D eigenvalue weighted by atomic mass is 19.1. The van der Waals surface area contributed by atoms with E-state index in [1.165, 1.54) is 24.5 Å². The van der Waals surface area contributed by atoms with Crippen LogP contribution in [0.1, 0.15) is 16.2 Å². The molecule has 0 fully saturated rings. The molecule has 1 N–H and O–H groups in total. The lowest BCUT2D eigenvalue weighted by Gasteiger charge is -2.01. The van der Waals surface area contributed by atoms with Gasteiger partial charge in [-0.05, 0) is 30.3 Å².